The molecule has 0 bridgehead atoms. The van der Waals surface area contributed by atoms with Crippen molar-refractivity contribution < 1.29 is 4.79 Å². The summed E-state index contributed by atoms with van der Waals surface area (Å²) in [6.45, 7) is 6.22. The van der Waals surface area contributed by atoms with Crippen molar-refractivity contribution in [1.29, 1.82) is 0 Å². The second-order valence-electron chi connectivity index (χ2n) is 6.83. The summed E-state index contributed by atoms with van der Waals surface area (Å²) in [4.78, 5) is 42.7. The van der Waals surface area contributed by atoms with Crippen LogP contribution in [0.5, 0.6) is 0 Å². The van der Waals surface area contributed by atoms with E-state index in [4.69, 9.17) is 0 Å². The van der Waals surface area contributed by atoms with Crippen molar-refractivity contribution in [3.05, 3.63) is 63.1 Å². The van der Waals surface area contributed by atoms with E-state index in [2.05, 4.69) is 10.3 Å². The molecule has 3 rings (SSSR count). The molecule has 0 radical (unpaired) electrons. The minimum Gasteiger partial charge on any atom is -0.352 e. The maximum Gasteiger partial charge on any atom is 0.333 e. The topological polar surface area (TPSA) is 90.9 Å². The molecule has 2 aromatic heterocycles. The predicted octanol–water partition coefficient (Wildman–Crippen LogP) is 1.34. The number of amides is 1. The van der Waals surface area contributed by atoms with Crippen LogP contribution in [0.15, 0.2) is 46.2 Å². The van der Waals surface area contributed by atoms with E-state index in [1.54, 1.807) is 10.9 Å². The second-order valence-corrected chi connectivity index (χ2v) is 6.83. The molecule has 0 aliphatic rings. The van der Waals surface area contributed by atoms with Gasteiger partial charge in [-0.3, -0.25) is 14.2 Å². The van der Waals surface area contributed by atoms with Gasteiger partial charge < -0.3 is 9.88 Å². The molecular formula is C20H25N5O3. The van der Waals surface area contributed by atoms with Crippen molar-refractivity contribution in [1.82, 2.24) is 24.0 Å². The quantitative estimate of drug-likeness (QED) is 0.667. The Kier molecular flexibility index (Phi) is 5.77. The van der Waals surface area contributed by atoms with Gasteiger partial charge in [-0.2, -0.15) is 0 Å². The Hall–Kier alpha value is -3.16. The van der Waals surface area contributed by atoms with Crippen molar-refractivity contribution >= 4 is 17.1 Å². The average Bonchev–Trinajstić information content (AvgIpc) is 3.13. The van der Waals surface area contributed by atoms with Crippen LogP contribution >= 0.6 is 0 Å². The fourth-order valence-electron chi connectivity index (χ4n) is 3.09. The van der Waals surface area contributed by atoms with Gasteiger partial charge in [0, 0.05) is 12.6 Å². The number of carbonyl (C=O) groups is 1. The second kappa shape index (κ2) is 8.24. The van der Waals surface area contributed by atoms with Crippen LogP contribution in [0.2, 0.25) is 0 Å². The van der Waals surface area contributed by atoms with Crippen LogP contribution < -0.4 is 16.6 Å². The fourth-order valence-corrected chi connectivity index (χ4v) is 3.09. The van der Waals surface area contributed by atoms with E-state index < -0.39 is 11.2 Å². The van der Waals surface area contributed by atoms with Gasteiger partial charge >= 0.3 is 5.69 Å². The number of nitrogens with zero attached hydrogens (tertiary/aromatic N) is 4. The third kappa shape index (κ3) is 3.76. The first-order chi connectivity index (χ1) is 13.5. The molecule has 8 heteroatoms. The van der Waals surface area contributed by atoms with Crippen LogP contribution in [-0.4, -0.2) is 30.6 Å². The van der Waals surface area contributed by atoms with Gasteiger partial charge in [0.05, 0.1) is 12.9 Å². The highest BCUT2D eigenvalue weighted by Crippen LogP contribution is 2.09. The molecule has 1 N–H and O–H groups in total. The summed E-state index contributed by atoms with van der Waals surface area (Å²) >= 11 is 0. The van der Waals surface area contributed by atoms with Gasteiger partial charge in [0.15, 0.2) is 11.2 Å². The molecule has 1 unspecified atom stereocenters. The maximum absolute atomic E-state index is 13.1. The zero-order valence-corrected chi connectivity index (χ0v) is 16.4. The van der Waals surface area contributed by atoms with E-state index >= 15 is 0 Å². The van der Waals surface area contributed by atoms with Crippen LogP contribution in [-0.2, 0) is 24.4 Å². The molecule has 0 aliphatic carbocycles. The maximum atomic E-state index is 13.1. The van der Waals surface area contributed by atoms with Gasteiger partial charge in [-0.15, -0.1) is 0 Å². The predicted molar refractivity (Wildman–Crippen MR) is 107 cm³/mol. The lowest BCUT2D eigenvalue weighted by molar-refractivity contribution is -0.122. The first-order valence-corrected chi connectivity index (χ1v) is 9.48. The number of rotatable bonds is 7. The Labute approximate surface area is 162 Å². The van der Waals surface area contributed by atoms with Crippen molar-refractivity contribution in [2.24, 2.45) is 0 Å². The summed E-state index contributed by atoms with van der Waals surface area (Å²) in [7, 11) is 0. The van der Waals surface area contributed by atoms with E-state index in [9.17, 15) is 14.4 Å². The van der Waals surface area contributed by atoms with Crippen molar-refractivity contribution in [3.8, 4) is 0 Å². The number of hydrogen-bond acceptors (Lipinski definition) is 4. The number of nitrogens with one attached hydrogen (secondary N) is 1. The van der Waals surface area contributed by atoms with Gasteiger partial charge in [-0.1, -0.05) is 37.3 Å². The molecule has 1 amide bonds. The number of aryl methyl sites for hydroxylation is 1. The van der Waals surface area contributed by atoms with E-state index in [0.717, 1.165) is 16.6 Å². The normalized spacial score (nSPS) is 12.2. The van der Waals surface area contributed by atoms with Crippen LogP contribution in [0.1, 0.15) is 32.8 Å². The number of fused-ring (bicyclic) bond motifs is 1. The zero-order chi connectivity index (χ0) is 20.3. The Balaban J connectivity index is 2.14. The third-order valence-electron chi connectivity index (χ3n) is 4.83. The smallest absolute Gasteiger partial charge is 0.333 e. The summed E-state index contributed by atoms with van der Waals surface area (Å²) in [6.07, 6.45) is 2.32. The van der Waals surface area contributed by atoms with Crippen LogP contribution in [0.4, 0.5) is 0 Å². The van der Waals surface area contributed by atoms with Crippen LogP contribution in [0.25, 0.3) is 11.2 Å². The molecule has 3 aromatic rings. The third-order valence-corrected chi connectivity index (χ3v) is 4.83. The molecule has 1 aromatic carbocycles. The molecule has 28 heavy (non-hydrogen) atoms. The largest absolute Gasteiger partial charge is 0.352 e. The highest BCUT2D eigenvalue weighted by molar-refractivity contribution is 5.77. The van der Waals surface area contributed by atoms with Gasteiger partial charge in [-0.05, 0) is 25.8 Å². The highest BCUT2D eigenvalue weighted by Gasteiger charge is 2.19. The van der Waals surface area contributed by atoms with E-state index in [1.807, 2.05) is 51.1 Å². The molecule has 0 saturated heterocycles. The van der Waals surface area contributed by atoms with E-state index in [1.165, 1.54) is 4.57 Å². The van der Waals surface area contributed by atoms with E-state index in [-0.39, 0.29) is 25.0 Å². The number of carbonyl (C=O) groups excluding carboxylic acids is 1. The zero-order valence-electron chi connectivity index (χ0n) is 16.4. The van der Waals surface area contributed by atoms with Crippen LogP contribution in [0.3, 0.4) is 0 Å². The number of benzene rings is 1. The summed E-state index contributed by atoms with van der Waals surface area (Å²) < 4.78 is 4.15. The van der Waals surface area contributed by atoms with Crippen molar-refractivity contribution in [2.75, 3.05) is 0 Å². The Morgan fingerprint density at radius 2 is 1.86 bits per heavy atom. The Bertz CT molecular complexity index is 1090. The standard InChI is InChI=1S/C20H25N5O3/c1-4-14(3)22-16(26)12-25-19(27)17-18(21-13-23(17)5-2)24(20(25)28)11-15-9-7-6-8-10-15/h6-10,13-14H,4-5,11-12H2,1-3H3,(H,22,26). The molecule has 148 valence electrons. The van der Waals surface area contributed by atoms with Gasteiger partial charge in [0.25, 0.3) is 5.56 Å². The lowest BCUT2D eigenvalue weighted by atomic mass is 10.2. The molecule has 1 atom stereocenters. The van der Waals surface area contributed by atoms with Crippen LogP contribution in [0, 0.1) is 0 Å². The number of imidazole rings is 1. The van der Waals surface area contributed by atoms with Gasteiger partial charge in [-0.25, -0.2) is 14.3 Å². The molecule has 0 aliphatic heterocycles. The summed E-state index contributed by atoms with van der Waals surface area (Å²) in [5, 5.41) is 2.80. The molecule has 2 heterocycles. The summed E-state index contributed by atoms with van der Waals surface area (Å²) in [5.74, 6) is -0.360. The first kappa shape index (κ1) is 19.6. The summed E-state index contributed by atoms with van der Waals surface area (Å²) in [6, 6.07) is 9.45. The van der Waals surface area contributed by atoms with E-state index in [0.29, 0.717) is 17.7 Å². The molecule has 8 nitrogen and oxygen atoms in total. The summed E-state index contributed by atoms with van der Waals surface area (Å²) in [5.41, 5.74) is 0.532. The van der Waals surface area contributed by atoms with Crippen molar-refractivity contribution in [2.45, 2.75) is 52.9 Å². The number of aromatic nitrogens is 4. The minimum atomic E-state index is -0.540. The van der Waals surface area contributed by atoms with Crippen molar-refractivity contribution in [3.63, 3.8) is 0 Å². The molecule has 0 saturated carbocycles. The van der Waals surface area contributed by atoms with Gasteiger partial charge in [0.1, 0.15) is 6.54 Å². The highest BCUT2D eigenvalue weighted by atomic mass is 16.2. The number of hydrogen-bond donors (Lipinski definition) is 1. The molecular weight excluding hydrogens is 358 g/mol. The Morgan fingerprint density at radius 1 is 1.14 bits per heavy atom. The fraction of sp³-hybridized carbons (Fsp3) is 0.400. The molecule has 0 spiro atoms. The molecule has 0 fully saturated rings. The monoisotopic (exact) mass is 383 g/mol. The lowest BCUT2D eigenvalue weighted by Crippen LogP contribution is -2.45. The lowest BCUT2D eigenvalue weighted by Gasteiger charge is -2.14. The average molecular weight is 383 g/mol. The van der Waals surface area contributed by atoms with Gasteiger partial charge in [0.2, 0.25) is 5.91 Å². The minimum absolute atomic E-state index is 0.0281. The first-order valence-electron chi connectivity index (χ1n) is 9.48. The Morgan fingerprint density at radius 3 is 2.50 bits per heavy atom. The SMILES string of the molecule is CCC(C)NC(=O)Cn1c(=O)c2c(ncn2CC)n(Cc2ccccc2)c1=O.